The Kier molecular flexibility index (Phi) is 16.9. The molecule has 0 aliphatic heterocycles. The number of aliphatic hydroxyl groups excluding tert-OH is 2. The van der Waals surface area contributed by atoms with E-state index in [1.807, 2.05) is 0 Å². The van der Waals surface area contributed by atoms with Gasteiger partial charge in [-0.25, -0.2) is 4.79 Å². The maximum absolute atomic E-state index is 12.5. The molecule has 0 spiro atoms. The van der Waals surface area contributed by atoms with E-state index in [-0.39, 0.29) is 44.3 Å². The first-order chi connectivity index (χ1) is 18.7. The fourth-order valence-corrected chi connectivity index (χ4v) is 3.03. The molecule has 5 atom stereocenters. The first-order valence-electron chi connectivity index (χ1n) is 12.3. The predicted molar refractivity (Wildman–Crippen MR) is 143 cm³/mol. The van der Waals surface area contributed by atoms with E-state index in [9.17, 15) is 39.3 Å². The number of nitrogens with two attached hydrogens (primary N) is 5. The van der Waals surface area contributed by atoms with Crippen LogP contribution >= 0.6 is 0 Å². The Hall–Kier alpha value is -4.23. The summed E-state index contributed by atoms with van der Waals surface area (Å²) < 4.78 is 0. The van der Waals surface area contributed by atoms with Gasteiger partial charge in [0.25, 0.3) is 0 Å². The van der Waals surface area contributed by atoms with Crippen LogP contribution in [0.1, 0.15) is 32.6 Å². The molecular formula is C21H41N11O8. The highest BCUT2D eigenvalue weighted by molar-refractivity contribution is 5.95. The maximum atomic E-state index is 12.5. The second kappa shape index (κ2) is 18.9. The van der Waals surface area contributed by atoms with Gasteiger partial charge >= 0.3 is 5.97 Å². The average molecular weight is 576 g/mol. The first-order valence-corrected chi connectivity index (χ1v) is 12.3. The molecule has 19 nitrogen and oxygen atoms in total. The number of amides is 4. The summed E-state index contributed by atoms with van der Waals surface area (Å²) in [6, 6.07) is -6.66. The minimum absolute atomic E-state index is 0.0371. The zero-order valence-electron chi connectivity index (χ0n) is 22.2. The fourth-order valence-electron chi connectivity index (χ4n) is 3.03. The molecule has 0 heterocycles. The topological polar surface area (TPSA) is 349 Å². The van der Waals surface area contributed by atoms with Gasteiger partial charge < -0.3 is 65.3 Å². The number of hydrogen-bond donors (Lipinski definition) is 12. The van der Waals surface area contributed by atoms with Gasteiger partial charge in [0.15, 0.2) is 11.9 Å². The smallest absolute Gasteiger partial charge is 0.326 e. The summed E-state index contributed by atoms with van der Waals surface area (Å²) in [5, 5.41) is 37.3. The lowest BCUT2D eigenvalue weighted by Gasteiger charge is -2.23. The molecular weight excluding hydrogens is 534 g/mol. The summed E-state index contributed by atoms with van der Waals surface area (Å²) in [4.78, 5) is 68.6. The van der Waals surface area contributed by atoms with E-state index in [0.717, 1.165) is 0 Å². The monoisotopic (exact) mass is 575 g/mol. The fraction of sp³-hybridized carbons (Fsp3) is 0.667. The second-order valence-corrected chi connectivity index (χ2v) is 8.62. The third kappa shape index (κ3) is 14.6. The second-order valence-electron chi connectivity index (χ2n) is 8.62. The van der Waals surface area contributed by atoms with E-state index in [0.29, 0.717) is 6.42 Å². The van der Waals surface area contributed by atoms with Crippen LogP contribution in [0.5, 0.6) is 0 Å². The van der Waals surface area contributed by atoms with Crippen LogP contribution in [0.4, 0.5) is 0 Å². The van der Waals surface area contributed by atoms with Crippen LogP contribution in [0.3, 0.4) is 0 Å². The molecule has 0 aliphatic carbocycles. The summed E-state index contributed by atoms with van der Waals surface area (Å²) in [5.41, 5.74) is 26.6. The molecule has 4 amide bonds. The van der Waals surface area contributed by atoms with Crippen molar-refractivity contribution in [2.24, 2.45) is 38.7 Å². The zero-order valence-corrected chi connectivity index (χ0v) is 22.2. The van der Waals surface area contributed by atoms with Crippen LogP contribution < -0.4 is 49.9 Å². The molecule has 0 fully saturated rings. The van der Waals surface area contributed by atoms with E-state index in [2.05, 4.69) is 31.3 Å². The Balaban J connectivity index is 4.94. The Morgan fingerprint density at radius 3 is 1.55 bits per heavy atom. The molecule has 0 aromatic rings. The SMILES string of the molecule is C[C@H](NC(=O)[C@H](CO)NC(=O)[C@@H](N)CCCN=C(N)N)C(=O)N[C@@H](CO)C(=O)N[C@@H](CCCN=C(N)N)C(=O)O. The van der Waals surface area contributed by atoms with Crippen LogP contribution in [-0.2, 0) is 24.0 Å². The summed E-state index contributed by atoms with van der Waals surface area (Å²) in [6.45, 7) is -0.0822. The first kappa shape index (κ1) is 35.8. The summed E-state index contributed by atoms with van der Waals surface area (Å²) in [5.74, 6) is -5.21. The highest BCUT2D eigenvalue weighted by Crippen LogP contribution is 2.01. The number of aliphatic carboxylic acids is 1. The number of aliphatic hydroxyl groups is 2. The average Bonchev–Trinajstić information content (AvgIpc) is 2.88. The number of aliphatic imine (C=N–C) groups is 2. The summed E-state index contributed by atoms with van der Waals surface area (Å²) in [7, 11) is 0. The molecule has 0 unspecified atom stereocenters. The van der Waals surface area contributed by atoms with Gasteiger partial charge in [0.2, 0.25) is 23.6 Å². The van der Waals surface area contributed by atoms with Crippen molar-refractivity contribution < 1.29 is 39.3 Å². The molecule has 40 heavy (non-hydrogen) atoms. The van der Waals surface area contributed by atoms with Crippen LogP contribution in [0.2, 0.25) is 0 Å². The van der Waals surface area contributed by atoms with Crippen molar-refractivity contribution in [2.45, 2.75) is 62.8 Å². The molecule has 0 radical (unpaired) electrons. The van der Waals surface area contributed by atoms with Gasteiger partial charge in [-0.1, -0.05) is 0 Å². The van der Waals surface area contributed by atoms with Gasteiger partial charge in [-0.3, -0.25) is 29.2 Å². The molecule has 228 valence electrons. The lowest BCUT2D eigenvalue weighted by molar-refractivity contribution is -0.142. The molecule has 0 aromatic heterocycles. The minimum atomic E-state index is -1.54. The third-order valence-electron chi connectivity index (χ3n) is 5.25. The van der Waals surface area contributed by atoms with Gasteiger partial charge in [-0.05, 0) is 32.6 Å². The Morgan fingerprint density at radius 2 is 1.10 bits per heavy atom. The molecule has 0 saturated carbocycles. The number of carbonyl (C=O) groups excluding carboxylic acids is 4. The lowest BCUT2D eigenvalue weighted by Crippen LogP contribution is -2.59. The molecule has 0 saturated heterocycles. The van der Waals surface area contributed by atoms with Crippen molar-refractivity contribution in [3.63, 3.8) is 0 Å². The number of carboxylic acids is 1. The maximum Gasteiger partial charge on any atom is 0.326 e. The number of hydrogen-bond acceptors (Lipinski definition) is 10. The highest BCUT2D eigenvalue weighted by Gasteiger charge is 2.29. The van der Waals surface area contributed by atoms with Crippen LogP contribution in [0, 0.1) is 0 Å². The Morgan fingerprint density at radius 1 is 0.675 bits per heavy atom. The molecule has 17 N–H and O–H groups in total. The van der Waals surface area contributed by atoms with Crippen molar-refractivity contribution in [1.82, 2.24) is 21.3 Å². The zero-order chi connectivity index (χ0) is 30.8. The molecule has 19 heteroatoms. The summed E-state index contributed by atoms with van der Waals surface area (Å²) in [6.07, 6.45) is 0.750. The van der Waals surface area contributed by atoms with Crippen LogP contribution in [-0.4, -0.2) is 113 Å². The minimum Gasteiger partial charge on any atom is -0.480 e. The summed E-state index contributed by atoms with van der Waals surface area (Å²) >= 11 is 0. The molecule has 0 aromatic carbocycles. The lowest BCUT2D eigenvalue weighted by atomic mass is 10.1. The Bertz CT molecular complexity index is 922. The van der Waals surface area contributed by atoms with Gasteiger partial charge in [-0.2, -0.15) is 0 Å². The van der Waals surface area contributed by atoms with Crippen LogP contribution in [0.15, 0.2) is 9.98 Å². The van der Waals surface area contributed by atoms with E-state index < -0.39 is 73.0 Å². The van der Waals surface area contributed by atoms with E-state index in [1.165, 1.54) is 6.92 Å². The van der Waals surface area contributed by atoms with Gasteiger partial charge in [0, 0.05) is 13.1 Å². The van der Waals surface area contributed by atoms with E-state index >= 15 is 0 Å². The van der Waals surface area contributed by atoms with Gasteiger partial charge in [0.1, 0.15) is 24.2 Å². The predicted octanol–water partition coefficient (Wildman–Crippen LogP) is -6.55. The molecule has 0 aliphatic rings. The van der Waals surface area contributed by atoms with Crippen molar-refractivity contribution in [2.75, 3.05) is 26.3 Å². The normalized spacial score (nSPS) is 14.3. The number of carbonyl (C=O) groups is 5. The van der Waals surface area contributed by atoms with Crippen molar-refractivity contribution in [1.29, 1.82) is 0 Å². The van der Waals surface area contributed by atoms with Gasteiger partial charge in [0.05, 0.1) is 19.3 Å². The number of guanidine groups is 2. The largest absolute Gasteiger partial charge is 0.480 e. The quantitative estimate of drug-likeness (QED) is 0.0387. The van der Waals surface area contributed by atoms with Crippen molar-refractivity contribution in [3.8, 4) is 0 Å². The van der Waals surface area contributed by atoms with E-state index in [4.69, 9.17) is 28.7 Å². The van der Waals surface area contributed by atoms with E-state index in [1.54, 1.807) is 0 Å². The van der Waals surface area contributed by atoms with Crippen LogP contribution in [0.25, 0.3) is 0 Å². The number of nitrogens with one attached hydrogen (secondary N) is 4. The molecule has 0 bridgehead atoms. The van der Waals surface area contributed by atoms with Crippen molar-refractivity contribution >= 4 is 41.5 Å². The number of carboxylic acid groups (broad SMARTS) is 1. The number of nitrogens with zero attached hydrogens (tertiary/aromatic N) is 2. The highest BCUT2D eigenvalue weighted by atomic mass is 16.4. The third-order valence-corrected chi connectivity index (χ3v) is 5.25. The number of rotatable bonds is 19. The standard InChI is InChI=1S/C21H41N11O8/c1-10(29-17(37)13(8-33)32-16(36)11(22)4-2-6-27-20(23)24)15(35)31-14(9-34)18(38)30-12(19(39)40)5-3-7-28-21(25)26/h10-14,33-34H,2-9,22H2,1H3,(H,29,37)(H,30,38)(H,31,35)(H,32,36)(H,39,40)(H4,23,24,27)(H4,25,26,28)/t10-,11-,12-,13-,14-/m0/s1. The van der Waals surface area contributed by atoms with Gasteiger partial charge in [-0.15, -0.1) is 0 Å². The molecule has 0 rings (SSSR count). The van der Waals surface area contributed by atoms with Crippen molar-refractivity contribution in [3.05, 3.63) is 0 Å². The Labute approximate surface area is 230 Å².